The number of unbranched alkanes of at least 4 members (excludes halogenated alkanes) is 15. The molecule has 17 heteroatoms. The first-order chi connectivity index (χ1) is 28.0. The third-order valence-corrected chi connectivity index (χ3v) is 11.3. The summed E-state index contributed by atoms with van der Waals surface area (Å²) in [4.78, 5) is 14.5. The summed E-state index contributed by atoms with van der Waals surface area (Å²) < 4.78 is 56.7. The van der Waals surface area contributed by atoms with E-state index in [1.165, 1.54) is 113 Å². The third kappa shape index (κ3) is 14.3. The van der Waals surface area contributed by atoms with Crippen LogP contribution in [0.25, 0.3) is 5.52 Å². The molecule has 1 saturated heterocycles. The number of nitriles is 2. The number of ether oxygens (including phenoxy) is 3. The Morgan fingerprint density at radius 3 is 2.21 bits per heavy atom. The summed E-state index contributed by atoms with van der Waals surface area (Å²) in [5.74, 6) is -0.443. The van der Waals surface area contributed by atoms with Crippen molar-refractivity contribution in [2.75, 3.05) is 32.2 Å². The van der Waals surface area contributed by atoms with Crippen LogP contribution in [0.5, 0.6) is 0 Å². The first-order valence-corrected chi connectivity index (χ1v) is 22.1. The summed E-state index contributed by atoms with van der Waals surface area (Å²) in [6, 6.07) is 10.7. The van der Waals surface area contributed by atoms with Gasteiger partial charge in [0.2, 0.25) is 5.60 Å². The lowest BCUT2D eigenvalue weighted by atomic mass is 9.96. The van der Waals surface area contributed by atoms with Crippen molar-refractivity contribution in [1.82, 2.24) is 14.6 Å². The number of rotatable bonds is 29. The number of phosphoric acid groups is 1. The predicted octanol–water partition coefficient (Wildman–Crippen LogP) is 7.37. The Hall–Kier alpha value is -3.54. The fraction of sp³-hybridized carbons (Fsp3) is 0.659. The van der Waals surface area contributed by atoms with Gasteiger partial charge in [-0.25, -0.2) is 18.5 Å². The Labute approximate surface area is 340 Å². The summed E-state index contributed by atoms with van der Waals surface area (Å²) in [5, 5.41) is 45.1. The minimum Gasteiger partial charge on any atom is -0.387 e. The SMILES string of the molecule is CCCCCCCCCCCCCCCCCCOC[C@H](COP(=O)(O)OC[C@@]1(C#N)O[C@@H](c2ccc3c(N)ncnn23)[C@H](O)[C@@H]1O)OCc1cc(C#N)ccc1F. The largest absolute Gasteiger partial charge is 0.472 e. The number of nitrogens with two attached hydrogens (primary N) is 1. The van der Waals surface area contributed by atoms with Gasteiger partial charge in [-0.1, -0.05) is 103 Å². The second-order valence-electron chi connectivity index (χ2n) is 14.9. The fourth-order valence-electron chi connectivity index (χ4n) is 6.94. The van der Waals surface area contributed by atoms with Gasteiger partial charge in [-0.15, -0.1) is 0 Å². The average molecular weight is 831 g/mol. The summed E-state index contributed by atoms with van der Waals surface area (Å²) >= 11 is 0. The second kappa shape index (κ2) is 24.5. The molecule has 0 aliphatic carbocycles. The molecule has 3 aromatic rings. The van der Waals surface area contributed by atoms with Gasteiger partial charge in [-0.2, -0.15) is 15.6 Å². The van der Waals surface area contributed by atoms with E-state index in [1.54, 1.807) is 12.1 Å². The van der Waals surface area contributed by atoms with Gasteiger partial charge in [-0.05, 0) is 36.8 Å². The first kappa shape index (κ1) is 47.1. The van der Waals surface area contributed by atoms with Gasteiger partial charge in [0.05, 0.1) is 37.1 Å². The van der Waals surface area contributed by atoms with E-state index in [0.717, 1.165) is 25.3 Å². The number of benzene rings is 1. The highest BCUT2D eigenvalue weighted by Crippen LogP contribution is 2.47. The van der Waals surface area contributed by atoms with Crippen molar-refractivity contribution in [3.63, 3.8) is 0 Å². The van der Waals surface area contributed by atoms with Crippen molar-refractivity contribution >= 4 is 19.2 Å². The van der Waals surface area contributed by atoms with Gasteiger partial charge >= 0.3 is 7.82 Å². The van der Waals surface area contributed by atoms with Gasteiger partial charge in [0.1, 0.15) is 54.8 Å². The molecule has 1 aliphatic heterocycles. The van der Waals surface area contributed by atoms with Gasteiger partial charge in [-0.3, -0.25) is 9.05 Å². The monoisotopic (exact) mass is 830 g/mol. The molecular weight excluding hydrogens is 770 g/mol. The number of aliphatic hydroxyl groups is 2. The van der Waals surface area contributed by atoms with Crippen LogP contribution in [0.4, 0.5) is 10.2 Å². The predicted molar refractivity (Wildman–Crippen MR) is 213 cm³/mol. The van der Waals surface area contributed by atoms with Crippen molar-refractivity contribution in [3.05, 3.63) is 59.3 Å². The van der Waals surface area contributed by atoms with E-state index in [0.29, 0.717) is 12.1 Å². The maximum Gasteiger partial charge on any atom is 0.472 e. The molecular formula is C41H60FN6O9P. The molecule has 0 radical (unpaired) electrons. The third-order valence-electron chi connectivity index (χ3n) is 10.4. The Morgan fingerprint density at radius 1 is 0.948 bits per heavy atom. The second-order valence-corrected chi connectivity index (χ2v) is 16.4. The van der Waals surface area contributed by atoms with E-state index in [1.807, 2.05) is 6.07 Å². The molecule has 2 aromatic heterocycles. The molecule has 3 heterocycles. The van der Waals surface area contributed by atoms with E-state index in [4.69, 9.17) is 29.0 Å². The summed E-state index contributed by atoms with van der Waals surface area (Å²) in [7, 11) is -4.94. The number of hydrogen-bond acceptors (Lipinski definition) is 13. The zero-order chi connectivity index (χ0) is 41.8. The molecule has 15 nitrogen and oxygen atoms in total. The number of nitrogen functional groups attached to an aromatic ring is 1. The average Bonchev–Trinajstić information content (AvgIpc) is 3.76. The maximum atomic E-state index is 14.5. The molecule has 0 spiro atoms. The highest BCUT2D eigenvalue weighted by Gasteiger charge is 2.57. The van der Waals surface area contributed by atoms with Crippen LogP contribution in [0.1, 0.15) is 133 Å². The maximum absolute atomic E-state index is 14.5. The number of aromatic nitrogens is 3. The lowest BCUT2D eigenvalue weighted by Crippen LogP contribution is -2.45. The van der Waals surface area contributed by atoms with E-state index in [2.05, 4.69) is 17.0 Å². The number of phosphoric ester groups is 1. The minimum absolute atomic E-state index is 0.0600. The standard InChI is InChI=1S/C41H60FN6O9P/c1-2-3-4-5-6-7-8-9-10-11-12-13-14-15-16-17-22-53-26-33(54-25-32-23-31(24-43)18-19-34(32)42)27-55-58(51,52)56-29-41(28-44)39(50)37(49)38(57-41)35-20-21-36-40(45)46-30-47-48(35)36/h18-21,23,30,33,37-39,49-50H,2-17,22,25-27,29H2,1H3,(H,51,52)(H2,45,46,47)/t33-,37+,38+,39+,41-/m1/s1. The van der Waals surface area contributed by atoms with Crippen LogP contribution in [0.2, 0.25) is 0 Å². The van der Waals surface area contributed by atoms with Crippen molar-refractivity contribution < 1.29 is 47.3 Å². The summed E-state index contributed by atoms with van der Waals surface area (Å²) in [6.07, 6.45) is 15.3. The van der Waals surface area contributed by atoms with Crippen LogP contribution >= 0.6 is 7.82 Å². The highest BCUT2D eigenvalue weighted by atomic mass is 31.2. The van der Waals surface area contributed by atoms with Crippen LogP contribution in [-0.4, -0.2) is 80.0 Å². The molecule has 0 bridgehead atoms. The van der Waals surface area contributed by atoms with E-state index >= 15 is 0 Å². The smallest absolute Gasteiger partial charge is 0.387 e. The number of hydrogen-bond donors (Lipinski definition) is 4. The molecule has 1 aliphatic rings. The molecule has 1 unspecified atom stereocenters. The van der Waals surface area contributed by atoms with Gasteiger partial charge in [0.15, 0.2) is 5.82 Å². The Morgan fingerprint density at radius 2 is 1.59 bits per heavy atom. The van der Waals surface area contributed by atoms with Crippen LogP contribution in [0, 0.1) is 28.5 Å². The summed E-state index contributed by atoms with van der Waals surface area (Å²) in [6.45, 7) is 0.823. The molecule has 1 fully saturated rings. The topological polar surface area (TPSA) is 228 Å². The van der Waals surface area contributed by atoms with Gasteiger partial charge in [0, 0.05) is 12.2 Å². The lowest BCUT2D eigenvalue weighted by Gasteiger charge is -2.26. The molecule has 0 amide bonds. The molecule has 0 saturated carbocycles. The molecule has 6 atom stereocenters. The van der Waals surface area contributed by atoms with Crippen LogP contribution in [0.3, 0.4) is 0 Å². The van der Waals surface area contributed by atoms with E-state index in [9.17, 15) is 34.6 Å². The summed E-state index contributed by atoms with van der Waals surface area (Å²) in [5.41, 5.74) is 4.60. The van der Waals surface area contributed by atoms with Crippen molar-refractivity contribution in [2.24, 2.45) is 0 Å². The van der Waals surface area contributed by atoms with Crippen molar-refractivity contribution in [1.29, 1.82) is 10.5 Å². The van der Waals surface area contributed by atoms with Crippen LogP contribution in [-0.2, 0) is 34.4 Å². The van der Waals surface area contributed by atoms with Gasteiger partial charge in [0.25, 0.3) is 0 Å². The van der Waals surface area contributed by atoms with Crippen molar-refractivity contribution in [3.8, 4) is 12.1 Å². The first-order valence-electron chi connectivity index (χ1n) is 20.6. The zero-order valence-electron chi connectivity index (χ0n) is 33.6. The number of aliphatic hydroxyl groups excluding tert-OH is 2. The Bertz CT molecular complexity index is 1820. The number of fused-ring (bicyclic) bond motifs is 1. The normalized spacial score (nSPS) is 20.8. The molecule has 1 aromatic carbocycles. The number of halogens is 1. The van der Waals surface area contributed by atoms with Crippen LogP contribution < -0.4 is 5.73 Å². The number of anilines is 1. The van der Waals surface area contributed by atoms with Gasteiger partial charge < -0.3 is 35.1 Å². The van der Waals surface area contributed by atoms with E-state index < -0.39 is 56.9 Å². The highest BCUT2D eigenvalue weighted by molar-refractivity contribution is 7.47. The minimum atomic E-state index is -4.94. The quantitative estimate of drug-likeness (QED) is 0.0396. The lowest BCUT2D eigenvalue weighted by molar-refractivity contribution is -0.0791. The van der Waals surface area contributed by atoms with Crippen molar-refractivity contribution in [2.45, 2.75) is 146 Å². The molecule has 58 heavy (non-hydrogen) atoms. The Balaban J connectivity index is 1.21. The molecule has 5 N–H and O–H groups in total. The Kier molecular flexibility index (Phi) is 19.9. The molecule has 4 rings (SSSR count). The number of nitrogens with zero attached hydrogens (tertiary/aromatic N) is 5. The fourth-order valence-corrected chi connectivity index (χ4v) is 7.73. The van der Waals surface area contributed by atoms with Crippen LogP contribution in [0.15, 0.2) is 36.7 Å². The van der Waals surface area contributed by atoms with E-state index in [-0.39, 0.29) is 35.9 Å². The molecule has 320 valence electrons. The zero-order valence-corrected chi connectivity index (χ0v) is 34.4.